The highest BCUT2D eigenvalue weighted by atomic mass is 79.9. The fourth-order valence-corrected chi connectivity index (χ4v) is 4.78. The Labute approximate surface area is 180 Å². The van der Waals surface area contributed by atoms with Gasteiger partial charge in [-0.2, -0.15) is 4.98 Å². The lowest BCUT2D eigenvalue weighted by Crippen LogP contribution is -2.48. The van der Waals surface area contributed by atoms with Gasteiger partial charge in [-0.15, -0.1) is 11.3 Å². The van der Waals surface area contributed by atoms with Gasteiger partial charge in [0.1, 0.15) is 5.82 Å². The van der Waals surface area contributed by atoms with Gasteiger partial charge in [0.05, 0.1) is 3.79 Å². The van der Waals surface area contributed by atoms with Gasteiger partial charge < -0.3 is 9.42 Å². The molecule has 1 aliphatic heterocycles. The van der Waals surface area contributed by atoms with E-state index in [1.807, 2.05) is 4.90 Å². The summed E-state index contributed by atoms with van der Waals surface area (Å²) >= 11 is 5.24. The molecule has 152 valence electrons. The van der Waals surface area contributed by atoms with Gasteiger partial charge in [-0.05, 0) is 52.3 Å². The molecule has 0 saturated carbocycles. The summed E-state index contributed by atoms with van der Waals surface area (Å²) in [6, 6.07) is 10.1. The average molecular weight is 479 g/mol. The number of amides is 1. The van der Waals surface area contributed by atoms with Crippen LogP contribution in [0.4, 0.5) is 4.39 Å². The zero-order valence-electron chi connectivity index (χ0n) is 15.7. The number of hydrogen-bond acceptors (Lipinski definition) is 6. The predicted octanol–water partition coefficient (Wildman–Crippen LogP) is 3.98. The van der Waals surface area contributed by atoms with Crippen LogP contribution in [0.25, 0.3) is 11.4 Å². The highest BCUT2D eigenvalue weighted by molar-refractivity contribution is 9.11. The van der Waals surface area contributed by atoms with Crippen LogP contribution in [-0.2, 0) is 17.8 Å². The number of aryl methyl sites for hydroxylation is 1. The molecular weight excluding hydrogens is 459 g/mol. The molecule has 1 aromatic carbocycles. The van der Waals surface area contributed by atoms with Crippen LogP contribution in [0.2, 0.25) is 0 Å². The van der Waals surface area contributed by atoms with E-state index in [1.54, 1.807) is 23.5 Å². The minimum absolute atomic E-state index is 0.102. The van der Waals surface area contributed by atoms with E-state index in [-0.39, 0.29) is 11.7 Å². The van der Waals surface area contributed by atoms with Crippen molar-refractivity contribution >= 4 is 33.2 Å². The Morgan fingerprint density at radius 1 is 1.14 bits per heavy atom. The summed E-state index contributed by atoms with van der Waals surface area (Å²) < 4.78 is 19.4. The summed E-state index contributed by atoms with van der Waals surface area (Å²) in [6.45, 7) is 4.13. The number of nitrogens with zero attached hydrogens (tertiary/aromatic N) is 4. The lowest BCUT2D eigenvalue weighted by atomic mass is 10.2. The fourth-order valence-electron chi connectivity index (χ4n) is 3.26. The smallest absolute Gasteiger partial charge is 0.227 e. The van der Waals surface area contributed by atoms with Crippen LogP contribution in [0, 0.1) is 5.82 Å². The van der Waals surface area contributed by atoms with Crippen LogP contribution < -0.4 is 0 Å². The maximum Gasteiger partial charge on any atom is 0.227 e. The Morgan fingerprint density at radius 2 is 1.90 bits per heavy atom. The van der Waals surface area contributed by atoms with Gasteiger partial charge in [0.2, 0.25) is 17.6 Å². The van der Waals surface area contributed by atoms with E-state index in [0.717, 1.165) is 36.5 Å². The molecule has 4 rings (SSSR count). The maximum absolute atomic E-state index is 13.0. The summed E-state index contributed by atoms with van der Waals surface area (Å²) in [6.07, 6.45) is 0.736. The van der Waals surface area contributed by atoms with Crippen molar-refractivity contribution in [1.82, 2.24) is 19.9 Å². The van der Waals surface area contributed by atoms with Crippen molar-refractivity contribution in [2.24, 2.45) is 0 Å². The summed E-state index contributed by atoms with van der Waals surface area (Å²) in [5.74, 6) is 0.609. The first-order valence-electron chi connectivity index (χ1n) is 9.40. The van der Waals surface area contributed by atoms with Gasteiger partial charge in [0.25, 0.3) is 0 Å². The number of rotatable bonds is 6. The topological polar surface area (TPSA) is 62.5 Å². The van der Waals surface area contributed by atoms with Crippen LogP contribution in [0.15, 0.2) is 44.7 Å². The quantitative estimate of drug-likeness (QED) is 0.536. The number of benzene rings is 1. The molecule has 1 amide bonds. The monoisotopic (exact) mass is 478 g/mol. The van der Waals surface area contributed by atoms with Crippen LogP contribution >= 0.6 is 27.3 Å². The Hall–Kier alpha value is -2.10. The van der Waals surface area contributed by atoms with Gasteiger partial charge in [-0.1, -0.05) is 5.16 Å². The minimum Gasteiger partial charge on any atom is -0.340 e. The van der Waals surface area contributed by atoms with Crippen molar-refractivity contribution in [1.29, 1.82) is 0 Å². The molecule has 1 fully saturated rings. The highest BCUT2D eigenvalue weighted by Gasteiger charge is 2.22. The van der Waals surface area contributed by atoms with E-state index in [2.05, 4.69) is 43.1 Å². The Kier molecular flexibility index (Phi) is 6.37. The van der Waals surface area contributed by atoms with Gasteiger partial charge in [-0.25, -0.2) is 4.39 Å². The third-order valence-corrected chi connectivity index (χ3v) is 6.46. The molecule has 1 aliphatic rings. The van der Waals surface area contributed by atoms with Crippen molar-refractivity contribution in [2.75, 3.05) is 26.2 Å². The van der Waals surface area contributed by atoms with Crippen molar-refractivity contribution in [3.63, 3.8) is 0 Å². The van der Waals surface area contributed by atoms with Gasteiger partial charge in [0, 0.05) is 56.0 Å². The van der Waals surface area contributed by atoms with Crippen molar-refractivity contribution in [3.05, 3.63) is 56.8 Å². The summed E-state index contributed by atoms with van der Waals surface area (Å²) in [5.41, 5.74) is 0.682. The standard InChI is InChI=1S/C20H20BrFN4O2S/c21-17-6-5-16(29-17)13-25-9-11-26(12-10-25)19(27)8-7-18-23-20(24-28-18)14-1-3-15(22)4-2-14/h1-6H,7-13H2. The molecular formula is C20H20BrFN4O2S. The number of thiophene rings is 1. The Bertz CT molecular complexity index is 967. The third kappa shape index (κ3) is 5.29. The molecule has 0 radical (unpaired) electrons. The number of piperazine rings is 1. The number of carbonyl (C=O) groups excluding carboxylic acids is 1. The second-order valence-electron chi connectivity index (χ2n) is 6.88. The first kappa shape index (κ1) is 20.2. The molecule has 0 unspecified atom stereocenters. The SMILES string of the molecule is O=C(CCc1nc(-c2ccc(F)cc2)no1)N1CCN(Cc2ccc(Br)s2)CC1. The van der Waals surface area contributed by atoms with Crippen molar-refractivity contribution in [2.45, 2.75) is 19.4 Å². The van der Waals surface area contributed by atoms with Gasteiger partial charge in [-0.3, -0.25) is 9.69 Å². The zero-order valence-corrected chi connectivity index (χ0v) is 18.1. The maximum atomic E-state index is 13.0. The summed E-state index contributed by atoms with van der Waals surface area (Å²) in [7, 11) is 0. The normalized spacial score (nSPS) is 15.0. The first-order chi connectivity index (χ1) is 14.1. The minimum atomic E-state index is -0.313. The number of carbonyl (C=O) groups is 1. The van der Waals surface area contributed by atoms with E-state index in [1.165, 1.54) is 17.0 Å². The van der Waals surface area contributed by atoms with E-state index in [0.29, 0.717) is 30.1 Å². The molecule has 0 N–H and O–H groups in total. The largest absolute Gasteiger partial charge is 0.340 e. The molecule has 3 heterocycles. The second kappa shape index (κ2) is 9.15. The molecule has 9 heteroatoms. The van der Waals surface area contributed by atoms with Crippen LogP contribution in [0.5, 0.6) is 0 Å². The van der Waals surface area contributed by atoms with Crippen LogP contribution in [0.3, 0.4) is 0 Å². The Balaban J connectivity index is 1.24. The second-order valence-corrected chi connectivity index (χ2v) is 9.43. The molecule has 6 nitrogen and oxygen atoms in total. The molecule has 0 spiro atoms. The van der Waals surface area contributed by atoms with Gasteiger partial charge in [0.15, 0.2) is 0 Å². The molecule has 1 saturated heterocycles. The first-order valence-corrected chi connectivity index (χ1v) is 11.0. The lowest BCUT2D eigenvalue weighted by Gasteiger charge is -2.34. The van der Waals surface area contributed by atoms with E-state index in [4.69, 9.17) is 4.52 Å². The van der Waals surface area contributed by atoms with Crippen molar-refractivity contribution in [3.8, 4) is 11.4 Å². The molecule has 2 aromatic heterocycles. The number of halogens is 2. The number of hydrogen-bond donors (Lipinski definition) is 0. The number of aromatic nitrogens is 2. The van der Waals surface area contributed by atoms with Gasteiger partial charge >= 0.3 is 0 Å². The summed E-state index contributed by atoms with van der Waals surface area (Å²) in [4.78, 5) is 22.4. The average Bonchev–Trinajstić information content (AvgIpc) is 3.36. The molecule has 3 aromatic rings. The van der Waals surface area contributed by atoms with E-state index in [9.17, 15) is 9.18 Å². The van der Waals surface area contributed by atoms with Crippen molar-refractivity contribution < 1.29 is 13.7 Å². The lowest BCUT2D eigenvalue weighted by molar-refractivity contribution is -0.133. The van der Waals surface area contributed by atoms with E-state index >= 15 is 0 Å². The zero-order chi connectivity index (χ0) is 20.2. The highest BCUT2D eigenvalue weighted by Crippen LogP contribution is 2.23. The van der Waals surface area contributed by atoms with Crippen LogP contribution in [0.1, 0.15) is 17.2 Å². The Morgan fingerprint density at radius 3 is 2.59 bits per heavy atom. The van der Waals surface area contributed by atoms with Crippen LogP contribution in [-0.4, -0.2) is 52.0 Å². The fraction of sp³-hybridized carbons (Fsp3) is 0.350. The molecule has 0 atom stereocenters. The van der Waals surface area contributed by atoms with E-state index < -0.39 is 0 Å². The molecule has 29 heavy (non-hydrogen) atoms. The molecule has 0 aliphatic carbocycles. The molecule has 0 bridgehead atoms. The predicted molar refractivity (Wildman–Crippen MR) is 112 cm³/mol. The summed E-state index contributed by atoms with van der Waals surface area (Å²) in [5, 5.41) is 3.92. The third-order valence-electron chi connectivity index (χ3n) is 4.86.